The van der Waals surface area contributed by atoms with Gasteiger partial charge in [0, 0.05) is 48.0 Å². The molecule has 33 heavy (non-hydrogen) atoms. The first-order chi connectivity index (χ1) is 16.2. The Hall–Kier alpha value is -2.26. The lowest BCUT2D eigenvalue weighted by Gasteiger charge is -2.38. The summed E-state index contributed by atoms with van der Waals surface area (Å²) in [4.78, 5) is 20.4. The summed E-state index contributed by atoms with van der Waals surface area (Å²) in [6.07, 6.45) is 9.35. The van der Waals surface area contributed by atoms with Gasteiger partial charge in [0.15, 0.2) is 5.65 Å². The summed E-state index contributed by atoms with van der Waals surface area (Å²) in [6, 6.07) is 5.36. The standard InChI is InChI=1S/C24H25ClN6OS/c25-20-16(3-4-18-22(20)33-24(29-18)12-5-6-32-11-12)17-9-28-23-21(17)27-10-19(30-23)31-14-1-2-15(31)8-13(26)7-14/h3-4,9-10,12-15H,1-2,5-8,11,26H2,(H,28,30)/t12?,13?,14-,15+. The van der Waals surface area contributed by atoms with E-state index in [-0.39, 0.29) is 0 Å². The number of anilines is 1. The van der Waals surface area contributed by atoms with Crippen molar-refractivity contribution in [1.29, 1.82) is 0 Å². The first-order valence-electron chi connectivity index (χ1n) is 11.7. The Morgan fingerprint density at radius 1 is 1.12 bits per heavy atom. The summed E-state index contributed by atoms with van der Waals surface area (Å²) in [5.74, 6) is 1.32. The average Bonchev–Trinajstić information content (AvgIpc) is 3.59. The van der Waals surface area contributed by atoms with Gasteiger partial charge in [-0.3, -0.25) is 0 Å². The lowest BCUT2D eigenvalue weighted by molar-refractivity contribution is 0.194. The maximum Gasteiger partial charge on any atom is 0.159 e. The fraction of sp³-hybridized carbons (Fsp3) is 0.458. The van der Waals surface area contributed by atoms with Crippen molar-refractivity contribution in [1.82, 2.24) is 19.9 Å². The summed E-state index contributed by atoms with van der Waals surface area (Å²) in [6.45, 7) is 1.55. The number of fused-ring (bicyclic) bond motifs is 4. The van der Waals surface area contributed by atoms with Crippen molar-refractivity contribution < 1.29 is 4.74 Å². The second-order valence-corrected chi connectivity index (χ2v) is 10.9. The molecule has 170 valence electrons. The van der Waals surface area contributed by atoms with Crippen LogP contribution in [0.25, 0.3) is 32.5 Å². The second kappa shape index (κ2) is 7.63. The molecule has 4 aromatic rings. The normalized spacial score (nSPS) is 27.3. The molecule has 2 bridgehead atoms. The molecule has 3 saturated heterocycles. The van der Waals surface area contributed by atoms with Crippen LogP contribution in [0.15, 0.2) is 24.5 Å². The summed E-state index contributed by atoms with van der Waals surface area (Å²) in [5.41, 5.74) is 10.8. The monoisotopic (exact) mass is 480 g/mol. The van der Waals surface area contributed by atoms with E-state index in [0.717, 1.165) is 80.8 Å². The van der Waals surface area contributed by atoms with Crippen LogP contribution in [-0.4, -0.2) is 51.3 Å². The van der Waals surface area contributed by atoms with Gasteiger partial charge in [-0.05, 0) is 38.2 Å². The van der Waals surface area contributed by atoms with Crippen molar-refractivity contribution in [3.8, 4) is 11.1 Å². The predicted octanol–water partition coefficient (Wildman–Crippen LogP) is 4.85. The maximum atomic E-state index is 6.92. The fourth-order valence-corrected chi connectivity index (χ4v) is 7.40. The number of aromatic nitrogens is 4. The van der Waals surface area contributed by atoms with Crippen molar-refractivity contribution in [3.05, 3.63) is 34.6 Å². The Labute approximate surface area is 200 Å². The molecule has 7 rings (SSSR count). The highest BCUT2D eigenvalue weighted by Gasteiger charge is 2.40. The van der Waals surface area contributed by atoms with E-state index in [2.05, 4.69) is 16.0 Å². The Bertz CT molecular complexity index is 1350. The van der Waals surface area contributed by atoms with Crippen molar-refractivity contribution in [2.75, 3.05) is 18.1 Å². The minimum atomic E-state index is 0.304. The van der Waals surface area contributed by atoms with Crippen molar-refractivity contribution >= 4 is 50.1 Å². The van der Waals surface area contributed by atoms with Gasteiger partial charge in [-0.15, -0.1) is 11.3 Å². The number of nitrogens with zero attached hydrogens (tertiary/aromatic N) is 4. The number of halogens is 1. The number of hydrogen-bond acceptors (Lipinski definition) is 7. The molecule has 0 amide bonds. The van der Waals surface area contributed by atoms with Crippen molar-refractivity contribution in [2.45, 2.75) is 56.1 Å². The van der Waals surface area contributed by atoms with Crippen molar-refractivity contribution in [2.24, 2.45) is 5.73 Å². The zero-order valence-corrected chi connectivity index (χ0v) is 19.7. The van der Waals surface area contributed by atoms with Gasteiger partial charge >= 0.3 is 0 Å². The number of nitrogens with two attached hydrogens (primary N) is 1. The van der Waals surface area contributed by atoms with Crippen LogP contribution in [0.3, 0.4) is 0 Å². The van der Waals surface area contributed by atoms with E-state index in [1.54, 1.807) is 11.3 Å². The molecule has 3 fully saturated rings. The molecule has 3 N–H and O–H groups in total. The third-order valence-corrected chi connectivity index (χ3v) is 9.24. The third kappa shape index (κ3) is 3.19. The molecule has 2 unspecified atom stereocenters. The summed E-state index contributed by atoms with van der Waals surface area (Å²) in [7, 11) is 0. The second-order valence-electron chi connectivity index (χ2n) is 9.54. The number of rotatable bonds is 3. The number of H-pyrrole nitrogens is 1. The molecule has 9 heteroatoms. The van der Waals surface area contributed by atoms with Gasteiger partial charge in [0.05, 0.1) is 33.1 Å². The molecule has 3 aliphatic heterocycles. The van der Waals surface area contributed by atoms with Crippen LogP contribution < -0.4 is 10.6 Å². The molecule has 6 heterocycles. The van der Waals surface area contributed by atoms with E-state index in [9.17, 15) is 0 Å². The molecule has 0 saturated carbocycles. The van der Waals surface area contributed by atoms with Crippen LogP contribution in [0.5, 0.6) is 0 Å². The largest absolute Gasteiger partial charge is 0.381 e. The van der Waals surface area contributed by atoms with E-state index in [1.165, 1.54) is 12.8 Å². The smallest absolute Gasteiger partial charge is 0.159 e. The minimum Gasteiger partial charge on any atom is -0.381 e. The molecule has 0 spiro atoms. The quantitative estimate of drug-likeness (QED) is 0.435. The maximum absolute atomic E-state index is 6.92. The number of ether oxygens (including phenoxy) is 1. The Morgan fingerprint density at radius 3 is 2.76 bits per heavy atom. The highest BCUT2D eigenvalue weighted by atomic mass is 35.5. The lowest BCUT2D eigenvalue weighted by Crippen LogP contribution is -2.47. The average molecular weight is 481 g/mol. The van der Waals surface area contributed by atoms with Gasteiger partial charge < -0.3 is 20.4 Å². The Balaban J connectivity index is 1.26. The van der Waals surface area contributed by atoms with E-state index in [4.69, 9.17) is 37.0 Å². The number of thiazole rings is 1. The number of piperidine rings is 1. The first kappa shape index (κ1) is 20.1. The van der Waals surface area contributed by atoms with Gasteiger partial charge in [-0.2, -0.15) is 0 Å². The van der Waals surface area contributed by atoms with E-state index >= 15 is 0 Å². The molecule has 7 nitrogen and oxygen atoms in total. The molecule has 0 aliphatic carbocycles. The lowest BCUT2D eigenvalue weighted by atomic mass is 9.98. The van der Waals surface area contributed by atoms with Crippen molar-refractivity contribution in [3.63, 3.8) is 0 Å². The zero-order valence-electron chi connectivity index (χ0n) is 18.1. The minimum absolute atomic E-state index is 0.304. The van der Waals surface area contributed by atoms with Gasteiger partial charge in [-0.1, -0.05) is 17.7 Å². The molecule has 1 aromatic carbocycles. The van der Waals surface area contributed by atoms with Crippen LogP contribution in [-0.2, 0) is 4.74 Å². The molecule has 4 atom stereocenters. The number of benzene rings is 1. The molecular formula is C24H25ClN6OS. The predicted molar refractivity (Wildman–Crippen MR) is 132 cm³/mol. The number of aromatic amines is 1. The highest BCUT2D eigenvalue weighted by Crippen LogP contribution is 2.42. The SMILES string of the molecule is NC1C[C@H]2CC[C@@H](C1)N2c1cnc2c(-c3ccc4nc(C5CCOC5)sc4c3Cl)c[nH]c2n1. The highest BCUT2D eigenvalue weighted by molar-refractivity contribution is 7.19. The number of hydrogen-bond donors (Lipinski definition) is 2. The first-order valence-corrected chi connectivity index (χ1v) is 12.9. The Kier molecular flexibility index (Phi) is 4.66. The van der Waals surface area contributed by atoms with Gasteiger partial charge in [0.2, 0.25) is 0 Å². The van der Waals surface area contributed by atoms with E-state index in [1.807, 2.05) is 18.5 Å². The van der Waals surface area contributed by atoms with Gasteiger partial charge in [0.1, 0.15) is 11.3 Å². The van der Waals surface area contributed by atoms with Crippen LogP contribution in [0.2, 0.25) is 5.02 Å². The third-order valence-electron chi connectivity index (χ3n) is 7.48. The molecular weight excluding hydrogens is 456 g/mol. The summed E-state index contributed by atoms with van der Waals surface area (Å²) < 4.78 is 6.57. The van der Waals surface area contributed by atoms with Gasteiger partial charge in [0.25, 0.3) is 0 Å². The van der Waals surface area contributed by atoms with E-state index in [0.29, 0.717) is 24.0 Å². The fourth-order valence-electron chi connectivity index (χ4n) is 5.90. The summed E-state index contributed by atoms with van der Waals surface area (Å²) >= 11 is 8.60. The Morgan fingerprint density at radius 2 is 1.97 bits per heavy atom. The van der Waals surface area contributed by atoms with Crippen LogP contribution in [0, 0.1) is 0 Å². The van der Waals surface area contributed by atoms with Crippen LogP contribution in [0.4, 0.5) is 5.82 Å². The molecule has 3 aromatic heterocycles. The van der Waals surface area contributed by atoms with E-state index < -0.39 is 0 Å². The zero-order chi connectivity index (χ0) is 22.1. The topological polar surface area (TPSA) is 93.0 Å². The van der Waals surface area contributed by atoms with Gasteiger partial charge in [-0.25, -0.2) is 15.0 Å². The van der Waals surface area contributed by atoms with Crippen LogP contribution in [0.1, 0.15) is 43.0 Å². The van der Waals surface area contributed by atoms with Crippen LogP contribution >= 0.6 is 22.9 Å². The summed E-state index contributed by atoms with van der Waals surface area (Å²) in [5, 5.41) is 1.84. The molecule has 0 radical (unpaired) electrons. The number of nitrogens with one attached hydrogen (secondary N) is 1. The molecule has 3 aliphatic rings.